The van der Waals surface area contributed by atoms with Gasteiger partial charge in [0.15, 0.2) is 0 Å². The van der Waals surface area contributed by atoms with E-state index in [0.29, 0.717) is 0 Å². The minimum atomic E-state index is -1.29. The predicted octanol–water partition coefficient (Wildman–Crippen LogP) is 5.29. The quantitative estimate of drug-likeness (QED) is 0.672. The highest BCUT2D eigenvalue weighted by molar-refractivity contribution is 7.85. The molecule has 0 radical (unpaired) electrons. The summed E-state index contributed by atoms with van der Waals surface area (Å²) in [5.74, 6) is 2.14. The van der Waals surface area contributed by atoms with E-state index in [4.69, 9.17) is 4.40 Å². The van der Waals surface area contributed by atoms with Gasteiger partial charge in [-0.05, 0) is 94.7 Å². The van der Waals surface area contributed by atoms with Crippen molar-refractivity contribution in [2.75, 3.05) is 0 Å². The molecule has 4 aliphatic carbocycles. The van der Waals surface area contributed by atoms with Gasteiger partial charge in [0.1, 0.15) is 16.8 Å². The lowest BCUT2D eigenvalue weighted by molar-refractivity contribution is -0.0118. The first kappa shape index (κ1) is 17.4. The Morgan fingerprint density at radius 2 is 1.52 bits per heavy atom. The highest BCUT2D eigenvalue weighted by Gasteiger charge is 2.53. The lowest BCUT2D eigenvalue weighted by atomic mass is 9.48. The van der Waals surface area contributed by atoms with E-state index >= 15 is 0 Å². The maximum absolute atomic E-state index is 13.5. The first-order chi connectivity index (χ1) is 11.7. The largest absolute Gasteiger partial charge is 0.234 e. The molecule has 0 amide bonds. The minimum absolute atomic E-state index is 0.0491. The predicted molar refractivity (Wildman–Crippen MR) is 101 cm³/mol. The Morgan fingerprint density at radius 3 is 1.96 bits per heavy atom. The van der Waals surface area contributed by atoms with E-state index in [0.717, 1.165) is 48.3 Å². The fourth-order valence-electron chi connectivity index (χ4n) is 5.68. The van der Waals surface area contributed by atoms with Crippen LogP contribution in [0.5, 0.6) is 0 Å². The second-order valence-corrected chi connectivity index (χ2v) is 11.4. The molecule has 136 valence electrons. The lowest BCUT2D eigenvalue weighted by Gasteiger charge is -2.57. The first-order valence-electron chi connectivity index (χ1n) is 9.52. The van der Waals surface area contributed by atoms with Crippen molar-refractivity contribution in [3.8, 4) is 0 Å². The van der Waals surface area contributed by atoms with Gasteiger partial charge in [-0.2, -0.15) is 4.40 Å². The summed E-state index contributed by atoms with van der Waals surface area (Å²) >= 11 is 0. The zero-order valence-corrected chi connectivity index (χ0v) is 16.2. The van der Waals surface area contributed by atoms with E-state index in [1.807, 2.05) is 32.9 Å². The molecule has 0 heterocycles. The van der Waals surface area contributed by atoms with Gasteiger partial charge in [0.05, 0.1) is 10.5 Å². The van der Waals surface area contributed by atoms with Gasteiger partial charge in [-0.25, -0.2) is 8.60 Å². The van der Waals surface area contributed by atoms with Crippen molar-refractivity contribution in [3.63, 3.8) is 0 Å². The highest BCUT2D eigenvalue weighted by atomic mass is 32.2. The molecule has 4 bridgehead atoms. The number of nitrogens with zero attached hydrogens (tertiary/aromatic N) is 1. The van der Waals surface area contributed by atoms with Gasteiger partial charge in [0.2, 0.25) is 0 Å². The van der Waals surface area contributed by atoms with Crippen LogP contribution in [-0.4, -0.2) is 14.7 Å². The van der Waals surface area contributed by atoms with Crippen LogP contribution in [0.4, 0.5) is 4.39 Å². The van der Waals surface area contributed by atoms with Crippen LogP contribution in [-0.2, 0) is 11.0 Å². The van der Waals surface area contributed by atoms with Crippen LogP contribution in [0.3, 0.4) is 0 Å². The molecule has 1 atom stereocenters. The molecule has 0 aliphatic heterocycles. The van der Waals surface area contributed by atoms with Crippen molar-refractivity contribution in [1.82, 2.24) is 0 Å². The molecular formula is C21H28FNOS. The minimum Gasteiger partial charge on any atom is -0.234 e. The van der Waals surface area contributed by atoms with E-state index < -0.39 is 11.0 Å². The van der Waals surface area contributed by atoms with Crippen LogP contribution in [0.25, 0.3) is 0 Å². The number of hydrogen-bond acceptors (Lipinski definition) is 1. The topological polar surface area (TPSA) is 29.4 Å². The van der Waals surface area contributed by atoms with Crippen LogP contribution in [0.2, 0.25) is 0 Å². The normalized spacial score (nSPS) is 35.8. The van der Waals surface area contributed by atoms with Gasteiger partial charge in [0, 0.05) is 5.41 Å². The van der Waals surface area contributed by atoms with Crippen LogP contribution in [0.15, 0.2) is 28.7 Å². The number of rotatable bonds is 3. The average molecular weight is 362 g/mol. The fraction of sp³-hybridized carbons (Fsp3) is 0.667. The number of hydrogen-bond donors (Lipinski definition) is 0. The molecular weight excluding hydrogens is 333 g/mol. The third-order valence-corrected chi connectivity index (χ3v) is 7.75. The van der Waals surface area contributed by atoms with Gasteiger partial charge in [0.25, 0.3) is 0 Å². The summed E-state index contributed by atoms with van der Waals surface area (Å²) in [6.45, 7) is 5.90. The SMILES string of the molecule is CC(C)(C)[S@](=O)/N=C(\c1ccc(F)cc1)C12CC3CC(CC(C3)C1)C2. The zero-order chi connectivity index (χ0) is 17.8. The van der Waals surface area contributed by atoms with Gasteiger partial charge in [-0.3, -0.25) is 0 Å². The van der Waals surface area contributed by atoms with Crippen LogP contribution in [0, 0.1) is 29.0 Å². The summed E-state index contributed by atoms with van der Waals surface area (Å²) in [6, 6.07) is 6.66. The molecule has 0 spiro atoms. The second kappa shape index (κ2) is 6.00. The molecule has 4 aliphatic rings. The van der Waals surface area contributed by atoms with Crippen molar-refractivity contribution in [3.05, 3.63) is 35.6 Å². The third kappa shape index (κ3) is 3.22. The van der Waals surface area contributed by atoms with Gasteiger partial charge in [-0.1, -0.05) is 12.1 Å². The zero-order valence-electron chi connectivity index (χ0n) is 15.4. The van der Waals surface area contributed by atoms with Gasteiger partial charge in [-0.15, -0.1) is 0 Å². The van der Waals surface area contributed by atoms with Crippen LogP contribution >= 0.6 is 0 Å². The van der Waals surface area contributed by atoms with Crippen molar-refractivity contribution >= 4 is 16.7 Å². The smallest absolute Gasteiger partial charge is 0.145 e. The summed E-state index contributed by atoms with van der Waals surface area (Å²) < 4.78 is 30.7. The molecule has 5 rings (SSSR count). The van der Waals surface area contributed by atoms with Crippen molar-refractivity contribution < 1.29 is 8.60 Å². The Kier molecular flexibility index (Phi) is 4.18. The maximum atomic E-state index is 13.5. The summed E-state index contributed by atoms with van der Waals surface area (Å²) in [6.07, 6.45) is 7.57. The van der Waals surface area contributed by atoms with E-state index in [9.17, 15) is 8.60 Å². The Bertz CT molecular complexity index is 681. The summed E-state index contributed by atoms with van der Waals surface area (Å²) in [5.41, 5.74) is 1.99. The van der Waals surface area contributed by atoms with Crippen molar-refractivity contribution in [2.45, 2.75) is 64.0 Å². The van der Waals surface area contributed by atoms with E-state index in [-0.39, 0.29) is 16.0 Å². The lowest BCUT2D eigenvalue weighted by Crippen LogP contribution is -2.50. The Morgan fingerprint density at radius 1 is 1.04 bits per heavy atom. The molecule has 25 heavy (non-hydrogen) atoms. The molecule has 1 aromatic carbocycles. The van der Waals surface area contributed by atoms with Crippen molar-refractivity contribution in [1.29, 1.82) is 0 Å². The number of halogens is 1. The van der Waals surface area contributed by atoms with Gasteiger partial charge < -0.3 is 0 Å². The van der Waals surface area contributed by atoms with Crippen molar-refractivity contribution in [2.24, 2.45) is 27.6 Å². The van der Waals surface area contributed by atoms with E-state index in [2.05, 4.69) is 0 Å². The Balaban J connectivity index is 1.79. The summed E-state index contributed by atoms with van der Waals surface area (Å²) in [5, 5.41) is 0. The average Bonchev–Trinajstić information content (AvgIpc) is 2.51. The Hall–Kier alpha value is -1.03. The monoisotopic (exact) mass is 361 g/mol. The third-order valence-electron chi connectivity index (χ3n) is 6.36. The molecule has 1 aromatic rings. The second-order valence-electron chi connectivity index (χ2n) is 9.51. The first-order valence-corrected chi connectivity index (χ1v) is 10.6. The molecule has 0 aromatic heterocycles. The standard InChI is InChI=1S/C21H28FNOS/c1-20(2,3)25(24)23-19(17-4-6-18(22)7-5-17)21-11-14-8-15(12-21)10-16(9-14)13-21/h4-7,14-16H,8-13H2,1-3H3/b23-19+/t14?,15?,16?,21?,25-/m0/s1. The maximum Gasteiger partial charge on any atom is 0.145 e. The van der Waals surface area contributed by atoms with Gasteiger partial charge >= 0.3 is 0 Å². The molecule has 0 saturated heterocycles. The van der Waals surface area contributed by atoms with Crippen LogP contribution in [0.1, 0.15) is 64.9 Å². The molecule has 4 fully saturated rings. The molecule has 0 unspecified atom stereocenters. The van der Waals surface area contributed by atoms with E-state index in [1.54, 1.807) is 0 Å². The molecule has 0 N–H and O–H groups in total. The molecule has 2 nitrogen and oxygen atoms in total. The Labute approximate surface area is 152 Å². The summed E-state index contributed by atoms with van der Waals surface area (Å²) in [4.78, 5) is 0. The molecule has 4 saturated carbocycles. The van der Waals surface area contributed by atoms with E-state index in [1.165, 1.54) is 31.4 Å². The molecule has 4 heteroatoms. The summed E-state index contributed by atoms with van der Waals surface area (Å²) in [7, 11) is -1.29. The fourth-order valence-corrected chi connectivity index (χ4v) is 6.42. The van der Waals surface area contributed by atoms with Crippen LogP contribution < -0.4 is 0 Å². The highest BCUT2D eigenvalue weighted by Crippen LogP contribution is 2.61. The number of benzene rings is 1.